The van der Waals surface area contributed by atoms with E-state index in [1.165, 1.54) is 48.8 Å². The van der Waals surface area contributed by atoms with Gasteiger partial charge in [0.15, 0.2) is 0 Å². The lowest BCUT2D eigenvalue weighted by Crippen LogP contribution is -2.35. The van der Waals surface area contributed by atoms with Crippen LogP contribution in [0.3, 0.4) is 0 Å². The Kier molecular flexibility index (Phi) is 4.57. The van der Waals surface area contributed by atoms with Gasteiger partial charge < -0.3 is 5.32 Å². The van der Waals surface area contributed by atoms with E-state index in [0.717, 1.165) is 5.92 Å². The number of nitrogens with one attached hydrogen (secondary N) is 1. The maximum atomic E-state index is 3.45. The monoisotopic (exact) mass is 282 g/mol. The van der Waals surface area contributed by atoms with Crippen molar-refractivity contribution in [2.45, 2.75) is 25.8 Å². The number of hydrogen-bond donors (Lipinski definition) is 1. The number of piperidine rings is 1. The van der Waals surface area contributed by atoms with E-state index in [9.17, 15) is 0 Å². The van der Waals surface area contributed by atoms with Gasteiger partial charge >= 0.3 is 0 Å². The minimum atomic E-state index is 0.464. The van der Waals surface area contributed by atoms with Crippen LogP contribution in [0.25, 0.3) is 10.8 Å². The molecule has 0 radical (unpaired) electrons. The van der Waals surface area contributed by atoms with Gasteiger partial charge in [-0.3, -0.25) is 4.90 Å². The van der Waals surface area contributed by atoms with E-state index < -0.39 is 0 Å². The molecule has 1 aliphatic heterocycles. The highest BCUT2D eigenvalue weighted by molar-refractivity contribution is 5.86. The van der Waals surface area contributed by atoms with E-state index in [1.807, 2.05) is 0 Å². The van der Waals surface area contributed by atoms with E-state index in [1.54, 1.807) is 0 Å². The highest BCUT2D eigenvalue weighted by Gasteiger charge is 2.19. The Morgan fingerprint density at radius 3 is 2.62 bits per heavy atom. The average molecular weight is 282 g/mol. The first kappa shape index (κ1) is 14.6. The van der Waals surface area contributed by atoms with Crippen LogP contribution in [0, 0.1) is 5.92 Å². The number of benzene rings is 2. The fourth-order valence-electron chi connectivity index (χ4n) is 3.48. The molecule has 0 spiro atoms. The summed E-state index contributed by atoms with van der Waals surface area (Å²) in [5.74, 6) is 0.841. The first-order valence-electron chi connectivity index (χ1n) is 8.14. The maximum Gasteiger partial charge on any atom is 0.0323 e. The lowest BCUT2D eigenvalue weighted by atomic mass is 9.95. The molecule has 1 atom stereocenters. The average Bonchev–Trinajstić information content (AvgIpc) is 2.54. The van der Waals surface area contributed by atoms with Crippen LogP contribution in [-0.2, 0) is 0 Å². The van der Waals surface area contributed by atoms with Gasteiger partial charge in [-0.2, -0.15) is 0 Å². The van der Waals surface area contributed by atoms with Gasteiger partial charge in [0.2, 0.25) is 0 Å². The fourth-order valence-corrected chi connectivity index (χ4v) is 3.48. The molecular weight excluding hydrogens is 256 g/mol. The molecule has 2 nitrogen and oxygen atoms in total. The van der Waals surface area contributed by atoms with Gasteiger partial charge in [0.25, 0.3) is 0 Å². The van der Waals surface area contributed by atoms with Crippen molar-refractivity contribution in [2.24, 2.45) is 5.92 Å². The van der Waals surface area contributed by atoms with Crippen LogP contribution in [0.15, 0.2) is 42.5 Å². The van der Waals surface area contributed by atoms with E-state index in [-0.39, 0.29) is 0 Å². The largest absolute Gasteiger partial charge is 0.317 e. The molecular formula is C19H26N2. The van der Waals surface area contributed by atoms with Gasteiger partial charge in [-0.25, -0.2) is 0 Å². The summed E-state index contributed by atoms with van der Waals surface area (Å²) in [6.07, 6.45) is 2.62. The van der Waals surface area contributed by atoms with Crippen LogP contribution in [0.2, 0.25) is 0 Å². The van der Waals surface area contributed by atoms with Gasteiger partial charge in [0, 0.05) is 12.6 Å². The number of rotatable bonds is 4. The highest BCUT2D eigenvalue weighted by Crippen LogP contribution is 2.28. The minimum Gasteiger partial charge on any atom is -0.317 e. The van der Waals surface area contributed by atoms with Crippen molar-refractivity contribution in [2.75, 3.05) is 26.7 Å². The second-order valence-corrected chi connectivity index (χ2v) is 6.38. The molecule has 2 heteroatoms. The first-order chi connectivity index (χ1) is 10.3. The Balaban J connectivity index is 1.77. The van der Waals surface area contributed by atoms with Crippen LogP contribution in [-0.4, -0.2) is 31.6 Å². The third kappa shape index (κ3) is 3.28. The van der Waals surface area contributed by atoms with E-state index >= 15 is 0 Å². The molecule has 0 amide bonds. The molecule has 2 aromatic carbocycles. The highest BCUT2D eigenvalue weighted by atomic mass is 15.1. The van der Waals surface area contributed by atoms with Gasteiger partial charge in [0.05, 0.1) is 0 Å². The fraction of sp³-hybridized carbons (Fsp3) is 0.474. The predicted molar refractivity (Wildman–Crippen MR) is 90.6 cm³/mol. The molecule has 0 saturated carbocycles. The van der Waals surface area contributed by atoms with Crippen molar-refractivity contribution in [3.05, 3.63) is 48.0 Å². The molecule has 1 N–H and O–H groups in total. The predicted octanol–water partition coefficient (Wildman–Crippen LogP) is 3.83. The van der Waals surface area contributed by atoms with Gasteiger partial charge in [-0.15, -0.1) is 0 Å². The van der Waals surface area contributed by atoms with Crippen molar-refractivity contribution in [3.8, 4) is 0 Å². The molecule has 1 unspecified atom stereocenters. The molecule has 0 bridgehead atoms. The van der Waals surface area contributed by atoms with Crippen molar-refractivity contribution >= 4 is 10.8 Å². The summed E-state index contributed by atoms with van der Waals surface area (Å²) in [6, 6.07) is 15.9. The van der Waals surface area contributed by atoms with Crippen LogP contribution >= 0.6 is 0 Å². The van der Waals surface area contributed by atoms with Crippen LogP contribution in [0.1, 0.15) is 31.4 Å². The summed E-state index contributed by atoms with van der Waals surface area (Å²) >= 11 is 0. The number of nitrogens with zero attached hydrogens (tertiary/aromatic N) is 1. The Labute approximate surface area is 128 Å². The summed E-state index contributed by atoms with van der Waals surface area (Å²) in [6.45, 7) is 5.90. The van der Waals surface area contributed by atoms with Crippen molar-refractivity contribution in [3.63, 3.8) is 0 Å². The van der Waals surface area contributed by atoms with Crippen molar-refractivity contribution < 1.29 is 0 Å². The minimum absolute atomic E-state index is 0.464. The molecule has 1 aliphatic rings. The lowest BCUT2D eigenvalue weighted by Gasteiger charge is -2.32. The summed E-state index contributed by atoms with van der Waals surface area (Å²) < 4.78 is 0. The van der Waals surface area contributed by atoms with E-state index in [4.69, 9.17) is 0 Å². The zero-order valence-electron chi connectivity index (χ0n) is 13.2. The Hall–Kier alpha value is -1.38. The number of hydrogen-bond acceptors (Lipinski definition) is 2. The maximum absolute atomic E-state index is 3.45. The normalized spacial score (nSPS) is 18.2. The van der Waals surface area contributed by atoms with Gasteiger partial charge in [-0.1, -0.05) is 42.5 Å². The number of fused-ring (bicyclic) bond motifs is 1. The summed E-state index contributed by atoms with van der Waals surface area (Å²) in [7, 11) is 2.27. The smallest absolute Gasteiger partial charge is 0.0323 e. The molecule has 0 aliphatic carbocycles. The lowest BCUT2D eigenvalue weighted by molar-refractivity contribution is 0.197. The summed E-state index contributed by atoms with van der Waals surface area (Å²) in [4.78, 5) is 2.53. The zero-order chi connectivity index (χ0) is 14.7. The Morgan fingerprint density at radius 2 is 1.81 bits per heavy atom. The molecule has 2 aromatic rings. The van der Waals surface area contributed by atoms with E-state index in [2.05, 4.69) is 66.7 Å². The van der Waals surface area contributed by atoms with Crippen molar-refractivity contribution in [1.82, 2.24) is 10.2 Å². The molecule has 21 heavy (non-hydrogen) atoms. The van der Waals surface area contributed by atoms with Crippen LogP contribution < -0.4 is 5.32 Å². The summed E-state index contributed by atoms with van der Waals surface area (Å²) in [5, 5.41) is 6.19. The SMILES string of the molecule is CC(c1cccc2ccccc12)N(C)CC1CCNCC1. The van der Waals surface area contributed by atoms with Crippen LogP contribution in [0.4, 0.5) is 0 Å². The molecule has 0 aromatic heterocycles. The van der Waals surface area contributed by atoms with Gasteiger partial charge in [0.1, 0.15) is 0 Å². The molecule has 3 rings (SSSR count). The molecule has 1 heterocycles. The molecule has 1 saturated heterocycles. The zero-order valence-corrected chi connectivity index (χ0v) is 13.2. The second kappa shape index (κ2) is 6.59. The van der Waals surface area contributed by atoms with Crippen LogP contribution in [0.5, 0.6) is 0 Å². The molecule has 112 valence electrons. The third-order valence-electron chi connectivity index (χ3n) is 4.94. The second-order valence-electron chi connectivity index (χ2n) is 6.38. The topological polar surface area (TPSA) is 15.3 Å². The van der Waals surface area contributed by atoms with E-state index in [0.29, 0.717) is 6.04 Å². The van der Waals surface area contributed by atoms with Gasteiger partial charge in [-0.05, 0) is 62.2 Å². The first-order valence-corrected chi connectivity index (χ1v) is 8.14. The quantitative estimate of drug-likeness (QED) is 0.917. The summed E-state index contributed by atoms with van der Waals surface area (Å²) in [5.41, 5.74) is 1.45. The Bertz CT molecular complexity index is 582. The standard InChI is InChI=1S/C19H26N2/c1-15(21(2)14-16-10-12-20-13-11-16)18-9-5-7-17-6-3-4-8-19(17)18/h3-9,15-16,20H,10-14H2,1-2H3. The Morgan fingerprint density at radius 1 is 1.10 bits per heavy atom. The van der Waals surface area contributed by atoms with Crippen molar-refractivity contribution in [1.29, 1.82) is 0 Å². The molecule has 1 fully saturated rings. The third-order valence-corrected chi connectivity index (χ3v) is 4.94.